The quantitative estimate of drug-likeness (QED) is 0.460. The van der Waals surface area contributed by atoms with Gasteiger partial charge in [0.2, 0.25) is 11.6 Å². The highest BCUT2D eigenvalue weighted by molar-refractivity contribution is 9.15. The Balaban J connectivity index is 2.14. The van der Waals surface area contributed by atoms with E-state index in [0.717, 1.165) is 6.26 Å². The molecule has 0 aliphatic heterocycles. The number of allylic oxidation sites excluding steroid dienone is 1. The van der Waals surface area contributed by atoms with Crippen molar-refractivity contribution in [3.63, 3.8) is 0 Å². The smallest absolute Gasteiger partial charge is 0.236 e. The summed E-state index contributed by atoms with van der Waals surface area (Å²) in [6, 6.07) is 6.17. The van der Waals surface area contributed by atoms with Gasteiger partial charge in [0, 0.05) is 10.6 Å². The number of halogens is 2. The number of hydrogen-bond donors (Lipinski definition) is 0. The summed E-state index contributed by atoms with van der Waals surface area (Å²) in [6.45, 7) is 0. The lowest BCUT2D eigenvalue weighted by Gasteiger charge is -2.12. The van der Waals surface area contributed by atoms with Crippen molar-refractivity contribution in [2.24, 2.45) is 0 Å². The second-order valence-electron chi connectivity index (χ2n) is 4.58. The Labute approximate surface area is 139 Å². The Morgan fingerprint density at radius 3 is 2.41 bits per heavy atom. The van der Waals surface area contributed by atoms with Gasteiger partial charge in [0.25, 0.3) is 0 Å². The molecule has 2 aromatic rings. The fourth-order valence-electron chi connectivity index (χ4n) is 2.13. The molecule has 0 N–H and O–H groups in total. The molecule has 7 heteroatoms. The molecule has 1 aliphatic carbocycles. The number of benzene rings is 1. The van der Waals surface area contributed by atoms with Gasteiger partial charge in [-0.15, -0.1) is 0 Å². The Morgan fingerprint density at radius 1 is 1.14 bits per heavy atom. The molecule has 4 nitrogen and oxygen atoms in total. The standard InChI is InChI=1S/C15H5BBrClO4/c16-10-11(17)15-9(13(20)14(10)21)8(5-22-15)12(19)6-1-3-7(18)4-2-6/h1-5H. The van der Waals surface area contributed by atoms with E-state index in [-0.39, 0.29) is 26.8 Å². The summed E-state index contributed by atoms with van der Waals surface area (Å²) in [5, 5.41) is 0.482. The minimum atomic E-state index is -0.870. The molecule has 0 spiro atoms. The molecular weight excluding hydrogens is 370 g/mol. The van der Waals surface area contributed by atoms with E-state index in [1.165, 1.54) is 12.1 Å². The first kappa shape index (κ1) is 15.0. The number of carbonyl (C=O) groups is 3. The molecule has 2 radical (unpaired) electrons. The van der Waals surface area contributed by atoms with Crippen LogP contribution < -0.4 is 0 Å². The zero-order valence-electron chi connectivity index (χ0n) is 10.9. The van der Waals surface area contributed by atoms with Crippen LogP contribution in [0.4, 0.5) is 0 Å². The molecule has 0 bridgehead atoms. The number of furan rings is 1. The monoisotopic (exact) mass is 374 g/mol. The molecule has 1 heterocycles. The molecule has 1 aromatic carbocycles. The third kappa shape index (κ3) is 2.19. The topological polar surface area (TPSA) is 64.3 Å². The summed E-state index contributed by atoms with van der Waals surface area (Å²) in [7, 11) is 5.54. The van der Waals surface area contributed by atoms with Crippen LogP contribution in [0.3, 0.4) is 0 Å². The average Bonchev–Trinajstić information content (AvgIpc) is 2.96. The van der Waals surface area contributed by atoms with Gasteiger partial charge in [-0.2, -0.15) is 0 Å². The number of Topliss-reactive ketones (excluding diaryl/α,β-unsaturated/α-hetero) is 2. The van der Waals surface area contributed by atoms with E-state index >= 15 is 0 Å². The molecule has 22 heavy (non-hydrogen) atoms. The van der Waals surface area contributed by atoms with Gasteiger partial charge in [-0.3, -0.25) is 14.4 Å². The van der Waals surface area contributed by atoms with E-state index in [9.17, 15) is 14.4 Å². The van der Waals surface area contributed by atoms with E-state index in [1.54, 1.807) is 12.1 Å². The van der Waals surface area contributed by atoms with E-state index in [0.29, 0.717) is 10.6 Å². The molecule has 3 rings (SSSR count). The van der Waals surface area contributed by atoms with Gasteiger partial charge >= 0.3 is 0 Å². The fourth-order valence-corrected chi connectivity index (χ4v) is 2.72. The Bertz CT molecular complexity index is 864. The lowest BCUT2D eigenvalue weighted by Crippen LogP contribution is -2.24. The largest absolute Gasteiger partial charge is 0.462 e. The van der Waals surface area contributed by atoms with Crippen LogP contribution in [0, 0.1) is 0 Å². The summed E-state index contributed by atoms with van der Waals surface area (Å²) in [5.74, 6) is -2.09. The Hall–Kier alpha value is -1.92. The minimum absolute atomic E-state index is 0.0140. The van der Waals surface area contributed by atoms with E-state index in [2.05, 4.69) is 15.9 Å². The minimum Gasteiger partial charge on any atom is -0.462 e. The molecule has 0 atom stereocenters. The fraction of sp³-hybridized carbons (Fsp3) is 0. The summed E-state index contributed by atoms with van der Waals surface area (Å²) < 4.78 is 5.42. The second kappa shape index (κ2) is 5.37. The highest BCUT2D eigenvalue weighted by atomic mass is 79.9. The molecule has 0 fully saturated rings. The lowest BCUT2D eigenvalue weighted by atomic mass is 9.81. The third-order valence-electron chi connectivity index (χ3n) is 3.26. The van der Waals surface area contributed by atoms with Crippen LogP contribution in [0.15, 0.2) is 40.4 Å². The number of fused-ring (bicyclic) bond motifs is 1. The maximum absolute atomic E-state index is 12.5. The van der Waals surface area contributed by atoms with Crippen molar-refractivity contribution in [1.29, 1.82) is 0 Å². The maximum Gasteiger partial charge on any atom is 0.236 e. The van der Waals surface area contributed by atoms with Crippen LogP contribution in [0.5, 0.6) is 0 Å². The first-order valence-corrected chi connectivity index (χ1v) is 7.25. The van der Waals surface area contributed by atoms with Crippen LogP contribution in [0.1, 0.15) is 32.0 Å². The summed E-state index contributed by atoms with van der Waals surface area (Å²) >= 11 is 8.89. The predicted molar refractivity (Wildman–Crippen MR) is 84.5 cm³/mol. The lowest BCUT2D eigenvalue weighted by molar-refractivity contribution is -0.111. The number of carbonyl (C=O) groups excluding carboxylic acids is 3. The van der Waals surface area contributed by atoms with E-state index < -0.39 is 17.3 Å². The average molecular weight is 375 g/mol. The molecule has 1 aliphatic rings. The van der Waals surface area contributed by atoms with Crippen LogP contribution in [0.25, 0.3) is 4.48 Å². The molecule has 1 aromatic heterocycles. The Morgan fingerprint density at radius 2 is 1.77 bits per heavy atom. The number of rotatable bonds is 2. The molecule has 0 unspecified atom stereocenters. The normalized spacial score (nSPS) is 14.3. The van der Waals surface area contributed by atoms with Crippen molar-refractivity contribution in [3.8, 4) is 0 Å². The van der Waals surface area contributed by atoms with Gasteiger partial charge in [-0.1, -0.05) is 11.6 Å². The maximum atomic E-state index is 12.5. The highest BCUT2D eigenvalue weighted by Crippen LogP contribution is 2.36. The SMILES string of the molecule is [B]C1=C(Br)c2occ(C(=O)c3ccc(Cl)cc3)c2C(=O)C1=O. The van der Waals surface area contributed by atoms with Crippen molar-refractivity contribution < 1.29 is 18.8 Å². The van der Waals surface area contributed by atoms with Gasteiger partial charge in [0.15, 0.2) is 11.5 Å². The predicted octanol–water partition coefficient (Wildman–Crippen LogP) is 3.16. The molecule has 106 valence electrons. The van der Waals surface area contributed by atoms with Crippen molar-refractivity contribution >= 4 is 57.2 Å². The first-order valence-electron chi connectivity index (χ1n) is 6.08. The van der Waals surface area contributed by atoms with Gasteiger partial charge in [0.1, 0.15) is 14.1 Å². The van der Waals surface area contributed by atoms with Crippen molar-refractivity contribution in [1.82, 2.24) is 0 Å². The van der Waals surface area contributed by atoms with Gasteiger partial charge in [-0.25, -0.2) is 0 Å². The van der Waals surface area contributed by atoms with E-state index in [1.807, 2.05) is 0 Å². The highest BCUT2D eigenvalue weighted by Gasteiger charge is 2.36. The zero-order chi connectivity index (χ0) is 16.0. The van der Waals surface area contributed by atoms with Crippen molar-refractivity contribution in [2.45, 2.75) is 0 Å². The van der Waals surface area contributed by atoms with Crippen LogP contribution >= 0.6 is 27.5 Å². The van der Waals surface area contributed by atoms with Gasteiger partial charge in [0.05, 0.1) is 15.6 Å². The number of ketones is 3. The van der Waals surface area contributed by atoms with Gasteiger partial charge in [-0.05, 0) is 45.7 Å². The second-order valence-corrected chi connectivity index (χ2v) is 5.80. The summed E-state index contributed by atoms with van der Waals surface area (Å²) in [6.07, 6.45) is 1.15. The zero-order valence-corrected chi connectivity index (χ0v) is 13.2. The summed E-state index contributed by atoms with van der Waals surface area (Å²) in [4.78, 5) is 36.4. The van der Waals surface area contributed by atoms with Gasteiger partial charge < -0.3 is 4.42 Å². The van der Waals surface area contributed by atoms with Crippen LogP contribution in [-0.2, 0) is 4.79 Å². The number of hydrogen-bond acceptors (Lipinski definition) is 4. The summed E-state index contributed by atoms with van der Waals surface area (Å²) in [5.41, 5.74) is 0.0235. The first-order chi connectivity index (χ1) is 10.4. The van der Waals surface area contributed by atoms with Crippen LogP contribution in [-0.4, -0.2) is 25.2 Å². The molecule has 0 saturated carbocycles. The Kier molecular flexibility index (Phi) is 3.66. The van der Waals surface area contributed by atoms with E-state index in [4.69, 9.17) is 23.9 Å². The van der Waals surface area contributed by atoms with Crippen molar-refractivity contribution in [3.05, 3.63) is 63.5 Å². The molecule has 0 saturated heterocycles. The molecule has 0 amide bonds. The third-order valence-corrected chi connectivity index (χ3v) is 4.30. The molecular formula is C15H5BBrClO4. The van der Waals surface area contributed by atoms with Crippen molar-refractivity contribution in [2.75, 3.05) is 0 Å². The van der Waals surface area contributed by atoms with Crippen LogP contribution in [0.2, 0.25) is 5.02 Å².